The van der Waals surface area contributed by atoms with Crippen LogP contribution in [-0.4, -0.2) is 38.2 Å². The van der Waals surface area contributed by atoms with Crippen LogP contribution >= 0.6 is 0 Å². The first-order valence-electron chi connectivity index (χ1n) is 7.94. The molecule has 0 aromatic heterocycles. The summed E-state index contributed by atoms with van der Waals surface area (Å²) in [7, 11) is 3.19. The number of anilines is 1. The van der Waals surface area contributed by atoms with E-state index in [0.29, 0.717) is 17.2 Å². The Morgan fingerprint density at radius 1 is 1.09 bits per heavy atom. The highest BCUT2D eigenvalue weighted by Gasteiger charge is 2.15. The van der Waals surface area contributed by atoms with Crippen molar-refractivity contribution in [3.8, 4) is 11.5 Å². The predicted molar refractivity (Wildman–Crippen MR) is 90.0 cm³/mol. The molecule has 0 aliphatic carbocycles. The average Bonchev–Trinajstić information content (AvgIpc) is 2.54. The Hall–Kier alpha value is -1.91. The number of carbonyl (C=O) groups excluding carboxylic acids is 1. The van der Waals surface area contributed by atoms with Gasteiger partial charge in [-0.25, -0.2) is 4.79 Å². The lowest BCUT2D eigenvalue weighted by molar-refractivity contribution is 0.209. The molecular formula is C17H28N2O3. The number of hydrogen-bond donors (Lipinski definition) is 1. The van der Waals surface area contributed by atoms with E-state index in [0.717, 1.165) is 38.8 Å². The fourth-order valence-electron chi connectivity index (χ4n) is 2.12. The van der Waals surface area contributed by atoms with Gasteiger partial charge in [-0.15, -0.1) is 0 Å². The maximum Gasteiger partial charge on any atom is 0.321 e. The topological polar surface area (TPSA) is 50.8 Å². The van der Waals surface area contributed by atoms with Crippen molar-refractivity contribution < 1.29 is 14.3 Å². The van der Waals surface area contributed by atoms with Crippen molar-refractivity contribution in [1.82, 2.24) is 4.90 Å². The number of unbranched alkanes of at least 4 members (excludes halogenated alkanes) is 2. The van der Waals surface area contributed by atoms with Crippen molar-refractivity contribution in [2.45, 2.75) is 39.5 Å². The number of carbonyl (C=O) groups is 1. The Labute approximate surface area is 133 Å². The molecule has 0 unspecified atom stereocenters. The molecule has 0 radical (unpaired) electrons. The van der Waals surface area contributed by atoms with Crippen LogP contribution in [0.1, 0.15) is 39.5 Å². The van der Waals surface area contributed by atoms with Crippen LogP contribution in [-0.2, 0) is 0 Å². The van der Waals surface area contributed by atoms with Gasteiger partial charge in [0.1, 0.15) is 11.5 Å². The van der Waals surface area contributed by atoms with Gasteiger partial charge < -0.3 is 19.7 Å². The maximum atomic E-state index is 12.5. The molecule has 0 atom stereocenters. The number of nitrogens with zero attached hydrogens (tertiary/aromatic N) is 1. The van der Waals surface area contributed by atoms with Crippen molar-refractivity contribution in [2.75, 3.05) is 32.6 Å². The normalized spacial score (nSPS) is 10.2. The first kappa shape index (κ1) is 18.1. The van der Waals surface area contributed by atoms with E-state index in [2.05, 4.69) is 19.2 Å². The lowest BCUT2D eigenvalue weighted by Crippen LogP contribution is -2.36. The molecule has 1 rings (SSSR count). The predicted octanol–water partition coefficient (Wildman–Crippen LogP) is 4.14. The van der Waals surface area contributed by atoms with E-state index in [1.165, 1.54) is 0 Å². The highest BCUT2D eigenvalue weighted by molar-refractivity contribution is 5.91. The van der Waals surface area contributed by atoms with Gasteiger partial charge in [-0.1, -0.05) is 26.7 Å². The smallest absolute Gasteiger partial charge is 0.321 e. The number of methoxy groups -OCH3 is 2. The molecule has 0 aliphatic heterocycles. The van der Waals surface area contributed by atoms with Crippen LogP contribution in [0.4, 0.5) is 10.5 Å². The molecule has 0 saturated heterocycles. The summed E-state index contributed by atoms with van der Waals surface area (Å²) in [6, 6.07) is 5.28. The minimum absolute atomic E-state index is 0.0894. The Balaban J connectivity index is 2.82. The monoisotopic (exact) mass is 308 g/mol. The third-order valence-corrected chi connectivity index (χ3v) is 3.50. The highest BCUT2D eigenvalue weighted by atomic mass is 16.5. The van der Waals surface area contributed by atoms with E-state index in [4.69, 9.17) is 9.47 Å². The van der Waals surface area contributed by atoms with Crippen LogP contribution in [0.3, 0.4) is 0 Å². The summed E-state index contributed by atoms with van der Waals surface area (Å²) in [5, 5.41) is 2.94. The number of amides is 2. The zero-order chi connectivity index (χ0) is 16.4. The molecular weight excluding hydrogens is 280 g/mol. The molecule has 0 spiro atoms. The lowest BCUT2D eigenvalue weighted by atomic mass is 10.2. The van der Waals surface area contributed by atoms with E-state index >= 15 is 0 Å². The second-order valence-corrected chi connectivity index (χ2v) is 5.19. The maximum absolute atomic E-state index is 12.5. The van der Waals surface area contributed by atoms with Gasteiger partial charge in [0.2, 0.25) is 0 Å². The van der Waals surface area contributed by atoms with Gasteiger partial charge in [0.15, 0.2) is 0 Å². The van der Waals surface area contributed by atoms with Crippen LogP contribution < -0.4 is 14.8 Å². The van der Waals surface area contributed by atoms with E-state index in [1.54, 1.807) is 32.4 Å². The van der Waals surface area contributed by atoms with Crippen molar-refractivity contribution >= 4 is 11.7 Å². The summed E-state index contributed by atoms with van der Waals surface area (Å²) >= 11 is 0. The Morgan fingerprint density at radius 3 is 2.23 bits per heavy atom. The Kier molecular flexibility index (Phi) is 8.18. The van der Waals surface area contributed by atoms with Gasteiger partial charge in [-0.3, -0.25) is 0 Å². The molecule has 124 valence electrons. The Morgan fingerprint density at radius 2 is 1.73 bits per heavy atom. The van der Waals surface area contributed by atoms with Crippen molar-refractivity contribution in [2.24, 2.45) is 0 Å². The summed E-state index contributed by atoms with van der Waals surface area (Å²) in [5.41, 5.74) is 0.629. The van der Waals surface area contributed by atoms with E-state index in [1.807, 2.05) is 4.90 Å². The van der Waals surface area contributed by atoms with Crippen LogP contribution in [0, 0.1) is 0 Å². The van der Waals surface area contributed by atoms with Gasteiger partial charge in [0.25, 0.3) is 0 Å². The molecule has 0 aliphatic rings. The number of nitrogens with one attached hydrogen (secondary N) is 1. The largest absolute Gasteiger partial charge is 0.497 e. The minimum Gasteiger partial charge on any atom is -0.497 e. The summed E-state index contributed by atoms with van der Waals surface area (Å²) < 4.78 is 10.5. The third kappa shape index (κ3) is 5.47. The van der Waals surface area contributed by atoms with Gasteiger partial charge in [-0.2, -0.15) is 0 Å². The number of benzene rings is 1. The molecule has 1 aromatic rings. The Bertz CT molecular complexity index is 455. The lowest BCUT2D eigenvalue weighted by Gasteiger charge is -2.23. The van der Waals surface area contributed by atoms with Crippen LogP contribution in [0.25, 0.3) is 0 Å². The fourth-order valence-corrected chi connectivity index (χ4v) is 2.12. The molecule has 2 amide bonds. The molecule has 1 aromatic carbocycles. The second-order valence-electron chi connectivity index (χ2n) is 5.19. The van der Waals surface area contributed by atoms with Crippen molar-refractivity contribution in [3.05, 3.63) is 18.2 Å². The molecule has 0 fully saturated rings. The standard InChI is InChI=1S/C17H28N2O3/c1-5-7-11-19(12-8-6-2)17(20)18-15-13-14(21-3)9-10-16(15)22-4/h9-10,13H,5-8,11-12H2,1-4H3,(H,18,20). The molecule has 1 N–H and O–H groups in total. The molecule has 0 saturated carbocycles. The number of rotatable bonds is 9. The minimum atomic E-state index is -0.0894. The molecule has 0 heterocycles. The summed E-state index contributed by atoms with van der Waals surface area (Å²) in [5.74, 6) is 1.31. The zero-order valence-corrected chi connectivity index (χ0v) is 14.1. The van der Waals surface area contributed by atoms with Crippen LogP contribution in [0.15, 0.2) is 18.2 Å². The molecule has 5 nitrogen and oxygen atoms in total. The molecule has 5 heteroatoms. The highest BCUT2D eigenvalue weighted by Crippen LogP contribution is 2.29. The number of hydrogen-bond acceptors (Lipinski definition) is 3. The number of urea groups is 1. The quantitative estimate of drug-likeness (QED) is 0.746. The van der Waals surface area contributed by atoms with Crippen molar-refractivity contribution in [3.63, 3.8) is 0 Å². The first-order valence-corrected chi connectivity index (χ1v) is 7.94. The summed E-state index contributed by atoms with van der Waals surface area (Å²) in [4.78, 5) is 14.4. The van der Waals surface area contributed by atoms with E-state index in [-0.39, 0.29) is 6.03 Å². The average molecular weight is 308 g/mol. The van der Waals surface area contributed by atoms with Gasteiger partial charge in [0, 0.05) is 19.2 Å². The van der Waals surface area contributed by atoms with Gasteiger partial charge >= 0.3 is 6.03 Å². The third-order valence-electron chi connectivity index (χ3n) is 3.50. The second kappa shape index (κ2) is 9.92. The summed E-state index contributed by atoms with van der Waals surface area (Å²) in [6.45, 7) is 5.80. The summed E-state index contributed by atoms with van der Waals surface area (Å²) in [6.07, 6.45) is 4.15. The van der Waals surface area contributed by atoms with E-state index in [9.17, 15) is 4.79 Å². The number of ether oxygens (including phenoxy) is 2. The molecule has 0 bridgehead atoms. The fraction of sp³-hybridized carbons (Fsp3) is 0.588. The van der Waals surface area contributed by atoms with Gasteiger partial charge in [-0.05, 0) is 25.0 Å². The van der Waals surface area contributed by atoms with Gasteiger partial charge in [0.05, 0.1) is 19.9 Å². The van der Waals surface area contributed by atoms with E-state index < -0.39 is 0 Å². The van der Waals surface area contributed by atoms with Crippen molar-refractivity contribution in [1.29, 1.82) is 0 Å². The first-order chi connectivity index (χ1) is 10.7. The SMILES string of the molecule is CCCCN(CCCC)C(=O)Nc1cc(OC)ccc1OC. The zero-order valence-electron chi connectivity index (χ0n) is 14.1. The molecule has 22 heavy (non-hydrogen) atoms. The van der Waals surface area contributed by atoms with Crippen LogP contribution in [0.5, 0.6) is 11.5 Å². The van der Waals surface area contributed by atoms with Crippen LogP contribution in [0.2, 0.25) is 0 Å².